The summed E-state index contributed by atoms with van der Waals surface area (Å²) >= 11 is 0. The minimum absolute atomic E-state index is 0.352. The van der Waals surface area contributed by atoms with Crippen LogP contribution in [0.25, 0.3) is 0 Å². The second-order valence-corrected chi connectivity index (χ2v) is 8.29. The van der Waals surface area contributed by atoms with Crippen molar-refractivity contribution in [3.8, 4) is 0 Å². The van der Waals surface area contributed by atoms with Crippen LogP contribution in [0.4, 0.5) is 0 Å². The Hall–Kier alpha value is -0.500. The zero-order chi connectivity index (χ0) is 18.2. The van der Waals surface area contributed by atoms with Gasteiger partial charge in [-0.1, -0.05) is 18.9 Å². The maximum atomic E-state index is 11.0. The molecule has 4 fully saturated rings. The molecule has 2 aliphatic heterocycles. The van der Waals surface area contributed by atoms with Crippen LogP contribution < -0.4 is 0 Å². The maximum absolute atomic E-state index is 11.0. The monoisotopic (exact) mass is 368 g/mol. The van der Waals surface area contributed by atoms with Crippen molar-refractivity contribution >= 4 is 0 Å². The lowest BCUT2D eigenvalue weighted by atomic mass is 9.94. The van der Waals surface area contributed by atoms with E-state index < -0.39 is 42.1 Å². The molecule has 0 aromatic heterocycles. The quantitative estimate of drug-likeness (QED) is 0.742. The van der Waals surface area contributed by atoms with Crippen molar-refractivity contribution in [2.45, 2.75) is 106 Å². The van der Waals surface area contributed by atoms with Gasteiger partial charge in [0.2, 0.25) is 0 Å². The lowest BCUT2D eigenvalue weighted by Crippen LogP contribution is -2.48. The molecule has 6 heteroatoms. The van der Waals surface area contributed by atoms with Crippen molar-refractivity contribution in [2.24, 2.45) is 0 Å². The van der Waals surface area contributed by atoms with Crippen LogP contribution in [0, 0.1) is 0 Å². The highest BCUT2D eigenvalue weighted by atomic mass is 16.8. The molecule has 4 rings (SSSR count). The third-order valence-electron chi connectivity index (χ3n) is 6.43. The summed E-state index contributed by atoms with van der Waals surface area (Å²) in [5.74, 6) is -1.24. The summed E-state index contributed by atoms with van der Waals surface area (Å²) in [4.78, 5) is 0. The molecule has 0 bridgehead atoms. The summed E-state index contributed by atoms with van der Waals surface area (Å²) in [6.45, 7) is 4.03. The minimum atomic E-state index is -0.905. The largest absolute Gasteiger partial charge is 0.387 e. The van der Waals surface area contributed by atoms with E-state index >= 15 is 0 Å². The normalized spacial score (nSPS) is 38.5. The summed E-state index contributed by atoms with van der Waals surface area (Å²) in [6, 6.07) is 0. The topological polar surface area (TPSA) is 77.4 Å². The third-order valence-corrected chi connectivity index (χ3v) is 6.43. The Kier molecular flexibility index (Phi) is 5.43. The summed E-state index contributed by atoms with van der Waals surface area (Å²) < 4.78 is 24.6. The van der Waals surface area contributed by atoms with E-state index in [1.165, 1.54) is 18.9 Å². The fraction of sp³-hybridized carbons (Fsp3) is 0.900. The van der Waals surface area contributed by atoms with Crippen LogP contribution in [0.5, 0.6) is 0 Å². The van der Waals surface area contributed by atoms with Gasteiger partial charge in [0.15, 0.2) is 11.6 Å². The Morgan fingerprint density at radius 1 is 0.808 bits per heavy atom. The van der Waals surface area contributed by atoms with E-state index in [0.29, 0.717) is 6.61 Å². The van der Waals surface area contributed by atoms with Gasteiger partial charge < -0.3 is 29.2 Å². The third kappa shape index (κ3) is 3.48. The predicted molar refractivity (Wildman–Crippen MR) is 94.4 cm³/mol. The van der Waals surface area contributed by atoms with Crippen LogP contribution in [-0.4, -0.2) is 58.9 Å². The summed E-state index contributed by atoms with van der Waals surface area (Å²) in [5.41, 5.74) is 0. The fourth-order valence-corrected chi connectivity index (χ4v) is 4.96. The molecule has 2 aliphatic carbocycles. The van der Waals surface area contributed by atoms with Gasteiger partial charge in [0.25, 0.3) is 0 Å². The van der Waals surface area contributed by atoms with Crippen LogP contribution in [0.1, 0.15) is 64.2 Å². The van der Waals surface area contributed by atoms with Crippen LogP contribution in [-0.2, 0) is 18.9 Å². The second-order valence-electron chi connectivity index (χ2n) is 8.29. The summed E-state index contributed by atoms with van der Waals surface area (Å²) in [5, 5.41) is 21.4. The van der Waals surface area contributed by atoms with E-state index in [4.69, 9.17) is 18.9 Å². The zero-order valence-electron chi connectivity index (χ0n) is 15.5. The van der Waals surface area contributed by atoms with E-state index in [1.54, 1.807) is 0 Å². The van der Waals surface area contributed by atoms with Gasteiger partial charge in [-0.3, -0.25) is 0 Å². The Morgan fingerprint density at radius 2 is 1.38 bits per heavy atom. The van der Waals surface area contributed by atoms with Crippen LogP contribution in [0.3, 0.4) is 0 Å². The molecule has 4 aliphatic rings. The van der Waals surface area contributed by atoms with Crippen molar-refractivity contribution in [2.75, 3.05) is 6.61 Å². The average Bonchev–Trinajstić information content (AvgIpc) is 3.24. The highest BCUT2D eigenvalue weighted by Crippen LogP contribution is 2.44. The number of ether oxygens (including phenoxy) is 4. The standard InChI is InChI=1S/C20H32O6/c1-2-14(21)17-18(26-20(25-17)11-7-4-8-12-20)16(22)15-13-23-19(24-15)9-5-3-6-10-19/h2,14-18,21-22H,1,3-13H2/t14-,15?,16-,17-,18?/m0/s1. The van der Waals surface area contributed by atoms with E-state index in [9.17, 15) is 10.2 Å². The first kappa shape index (κ1) is 18.8. The summed E-state index contributed by atoms with van der Waals surface area (Å²) in [7, 11) is 0. The van der Waals surface area contributed by atoms with Gasteiger partial charge in [-0.25, -0.2) is 0 Å². The molecular weight excluding hydrogens is 336 g/mol. The summed E-state index contributed by atoms with van der Waals surface area (Å²) in [6.07, 6.45) is 7.88. The molecule has 2 spiro atoms. The van der Waals surface area contributed by atoms with Crippen molar-refractivity contribution in [1.82, 2.24) is 0 Å². The van der Waals surface area contributed by atoms with Crippen molar-refractivity contribution in [1.29, 1.82) is 0 Å². The van der Waals surface area contributed by atoms with Gasteiger partial charge >= 0.3 is 0 Å². The van der Waals surface area contributed by atoms with Crippen LogP contribution >= 0.6 is 0 Å². The average molecular weight is 368 g/mol. The van der Waals surface area contributed by atoms with Gasteiger partial charge in [0.1, 0.15) is 30.5 Å². The minimum Gasteiger partial charge on any atom is -0.387 e. The molecule has 0 aromatic rings. The molecular formula is C20H32O6. The van der Waals surface area contributed by atoms with Crippen LogP contribution in [0.2, 0.25) is 0 Å². The molecule has 0 radical (unpaired) electrons. The van der Waals surface area contributed by atoms with Crippen LogP contribution in [0.15, 0.2) is 12.7 Å². The van der Waals surface area contributed by atoms with Crippen molar-refractivity contribution in [3.05, 3.63) is 12.7 Å². The van der Waals surface area contributed by atoms with Gasteiger partial charge in [-0.15, -0.1) is 6.58 Å². The zero-order valence-corrected chi connectivity index (χ0v) is 15.5. The molecule has 0 amide bonds. The Balaban J connectivity index is 1.47. The lowest BCUT2D eigenvalue weighted by molar-refractivity contribution is -0.217. The number of aliphatic hydroxyl groups excluding tert-OH is 2. The van der Waals surface area contributed by atoms with Gasteiger partial charge in [-0.05, 0) is 25.7 Å². The first-order valence-electron chi connectivity index (χ1n) is 10.2. The first-order chi connectivity index (χ1) is 12.6. The molecule has 6 nitrogen and oxygen atoms in total. The Morgan fingerprint density at radius 3 is 2.00 bits per heavy atom. The predicted octanol–water partition coefficient (Wildman–Crippen LogP) is 2.41. The maximum Gasteiger partial charge on any atom is 0.169 e. The molecule has 2 saturated heterocycles. The molecule has 2 unspecified atom stereocenters. The molecule has 2 saturated carbocycles. The number of hydrogen-bond acceptors (Lipinski definition) is 6. The lowest BCUT2D eigenvalue weighted by Gasteiger charge is -2.34. The van der Waals surface area contributed by atoms with Crippen molar-refractivity contribution in [3.63, 3.8) is 0 Å². The second kappa shape index (κ2) is 7.49. The molecule has 2 N–H and O–H groups in total. The molecule has 5 atom stereocenters. The van der Waals surface area contributed by atoms with E-state index in [-0.39, 0.29) is 0 Å². The van der Waals surface area contributed by atoms with E-state index in [0.717, 1.165) is 51.4 Å². The van der Waals surface area contributed by atoms with Gasteiger partial charge in [0, 0.05) is 25.7 Å². The number of aliphatic hydroxyl groups is 2. The number of hydrogen-bond donors (Lipinski definition) is 2. The highest BCUT2D eigenvalue weighted by Gasteiger charge is 2.55. The van der Waals surface area contributed by atoms with Gasteiger partial charge in [-0.2, -0.15) is 0 Å². The molecule has 148 valence electrons. The first-order valence-corrected chi connectivity index (χ1v) is 10.2. The Bertz CT molecular complexity index is 497. The molecule has 0 aromatic carbocycles. The van der Waals surface area contributed by atoms with E-state index in [2.05, 4.69) is 6.58 Å². The smallest absolute Gasteiger partial charge is 0.169 e. The number of rotatable bonds is 4. The SMILES string of the molecule is C=C[C@H](O)[C@@H]1OC2(CCCCC2)OC1[C@@H](O)C1COC2(CCCCC2)O1. The van der Waals surface area contributed by atoms with Gasteiger partial charge in [0.05, 0.1) is 6.61 Å². The molecule has 26 heavy (non-hydrogen) atoms. The van der Waals surface area contributed by atoms with E-state index in [1.807, 2.05) is 0 Å². The Labute approximate surface area is 155 Å². The fourth-order valence-electron chi connectivity index (χ4n) is 4.96. The van der Waals surface area contributed by atoms with Crippen molar-refractivity contribution < 1.29 is 29.2 Å². The molecule has 2 heterocycles. The highest BCUT2D eigenvalue weighted by molar-refractivity contribution is 5.01.